The fourth-order valence-electron chi connectivity index (χ4n) is 2.77. The van der Waals surface area contributed by atoms with E-state index in [1.807, 2.05) is 16.8 Å². The Balaban J connectivity index is 1.50. The Bertz CT molecular complexity index is 973. The maximum absolute atomic E-state index is 12.3. The topological polar surface area (TPSA) is 78.3 Å². The number of methoxy groups -OCH3 is 1. The molecule has 0 aliphatic heterocycles. The zero-order chi connectivity index (χ0) is 21.3. The molecule has 0 aliphatic carbocycles. The Labute approximate surface area is 180 Å². The summed E-state index contributed by atoms with van der Waals surface area (Å²) in [6, 6.07) is 9.97. The number of nitrogens with zero attached hydrogens (tertiary/aromatic N) is 3. The molecule has 158 valence electrons. The predicted molar refractivity (Wildman–Crippen MR) is 117 cm³/mol. The van der Waals surface area contributed by atoms with Crippen LogP contribution in [0.4, 0.5) is 0 Å². The van der Waals surface area contributed by atoms with Gasteiger partial charge < -0.3 is 14.8 Å². The van der Waals surface area contributed by atoms with Gasteiger partial charge in [-0.2, -0.15) is 0 Å². The molecule has 8 heteroatoms. The van der Waals surface area contributed by atoms with Gasteiger partial charge in [0.15, 0.2) is 5.16 Å². The lowest BCUT2D eigenvalue weighted by molar-refractivity contribution is -0.118. The summed E-state index contributed by atoms with van der Waals surface area (Å²) in [7, 11) is 1.62. The van der Waals surface area contributed by atoms with E-state index in [0.717, 1.165) is 22.0 Å². The highest BCUT2D eigenvalue weighted by Gasteiger charge is 2.11. The average Bonchev–Trinajstić information content (AvgIpc) is 3.22. The van der Waals surface area contributed by atoms with Crippen molar-refractivity contribution in [2.75, 3.05) is 26.1 Å². The Kier molecular flexibility index (Phi) is 7.87. The number of nitrogens with one attached hydrogen (secondary N) is 1. The Hall–Kier alpha value is -2.84. The Morgan fingerprint density at radius 2 is 2.03 bits per heavy atom. The maximum atomic E-state index is 12.3. The number of benzene rings is 1. The molecular weight excluding hydrogens is 400 g/mol. The summed E-state index contributed by atoms with van der Waals surface area (Å²) in [6.45, 7) is 5.51. The summed E-state index contributed by atoms with van der Waals surface area (Å²) in [5.74, 6) is 0.764. The highest BCUT2D eigenvalue weighted by Crippen LogP contribution is 2.23. The van der Waals surface area contributed by atoms with Crippen molar-refractivity contribution >= 4 is 17.7 Å². The molecule has 0 saturated heterocycles. The third kappa shape index (κ3) is 6.08. The molecule has 3 aromatic rings. The number of aromatic nitrogens is 3. The molecule has 1 aromatic carbocycles. The lowest BCUT2D eigenvalue weighted by Gasteiger charge is -2.11. The number of carbonyl (C=O) groups excluding carboxylic acids is 1. The van der Waals surface area contributed by atoms with E-state index < -0.39 is 0 Å². The van der Waals surface area contributed by atoms with Crippen molar-refractivity contribution < 1.29 is 14.3 Å². The number of hydrogen-bond donors (Lipinski definition) is 1. The second-order valence-electron chi connectivity index (χ2n) is 6.78. The van der Waals surface area contributed by atoms with Crippen LogP contribution in [-0.2, 0) is 16.1 Å². The molecule has 0 saturated carbocycles. The molecule has 0 bridgehead atoms. The van der Waals surface area contributed by atoms with Gasteiger partial charge in [-0.3, -0.25) is 9.36 Å². The van der Waals surface area contributed by atoms with E-state index >= 15 is 0 Å². The van der Waals surface area contributed by atoms with Crippen molar-refractivity contribution in [3.8, 4) is 11.6 Å². The van der Waals surface area contributed by atoms with Crippen LogP contribution in [0.1, 0.15) is 16.7 Å². The van der Waals surface area contributed by atoms with Gasteiger partial charge in [-0.25, -0.2) is 9.97 Å². The smallest absolute Gasteiger partial charge is 0.230 e. The minimum atomic E-state index is -0.0593. The van der Waals surface area contributed by atoms with Gasteiger partial charge in [0.05, 0.1) is 18.0 Å². The quantitative estimate of drug-likeness (QED) is 0.396. The molecule has 0 atom stereocenters. The molecule has 0 radical (unpaired) electrons. The summed E-state index contributed by atoms with van der Waals surface area (Å²) in [6.07, 6.45) is 5.37. The van der Waals surface area contributed by atoms with Gasteiger partial charge in [-0.1, -0.05) is 30.0 Å². The van der Waals surface area contributed by atoms with Crippen LogP contribution in [0.3, 0.4) is 0 Å². The number of rotatable bonds is 10. The SMILES string of the molecule is COCCOc1ccc(CNC(=O)CSc2nccn2-c2cc(C)ccc2C)cn1. The second kappa shape index (κ2) is 10.8. The van der Waals surface area contributed by atoms with E-state index in [-0.39, 0.29) is 11.7 Å². The molecule has 1 amide bonds. The molecule has 0 spiro atoms. The van der Waals surface area contributed by atoms with E-state index in [2.05, 4.69) is 47.3 Å². The average molecular weight is 427 g/mol. The fraction of sp³-hybridized carbons (Fsp3) is 0.318. The fourth-order valence-corrected chi connectivity index (χ4v) is 3.57. The van der Waals surface area contributed by atoms with Crippen molar-refractivity contribution in [1.82, 2.24) is 19.9 Å². The third-order valence-corrected chi connectivity index (χ3v) is 5.35. The van der Waals surface area contributed by atoms with Gasteiger partial charge in [-0.05, 0) is 36.6 Å². The van der Waals surface area contributed by atoms with Crippen molar-refractivity contribution in [3.05, 3.63) is 65.6 Å². The van der Waals surface area contributed by atoms with Gasteiger partial charge in [0.25, 0.3) is 0 Å². The first kappa shape index (κ1) is 21.9. The Morgan fingerprint density at radius 3 is 2.80 bits per heavy atom. The third-order valence-electron chi connectivity index (χ3n) is 4.39. The molecule has 7 nitrogen and oxygen atoms in total. The zero-order valence-electron chi connectivity index (χ0n) is 17.4. The van der Waals surface area contributed by atoms with Crippen molar-refractivity contribution in [2.24, 2.45) is 0 Å². The maximum Gasteiger partial charge on any atom is 0.230 e. The van der Waals surface area contributed by atoms with E-state index in [1.54, 1.807) is 25.6 Å². The van der Waals surface area contributed by atoms with Gasteiger partial charge in [0.2, 0.25) is 11.8 Å². The van der Waals surface area contributed by atoms with Crippen LogP contribution in [0.2, 0.25) is 0 Å². The summed E-state index contributed by atoms with van der Waals surface area (Å²) < 4.78 is 12.4. The van der Waals surface area contributed by atoms with Gasteiger partial charge in [0.1, 0.15) is 6.61 Å². The summed E-state index contributed by atoms with van der Waals surface area (Å²) in [4.78, 5) is 20.9. The number of carbonyl (C=O) groups is 1. The first-order valence-electron chi connectivity index (χ1n) is 9.64. The molecule has 3 rings (SSSR count). The van der Waals surface area contributed by atoms with Gasteiger partial charge >= 0.3 is 0 Å². The lowest BCUT2D eigenvalue weighted by atomic mass is 10.1. The standard InChI is InChI=1S/C22H26N4O3S/c1-16-4-5-17(2)19(12-16)26-9-8-23-22(26)30-15-20(27)24-13-18-6-7-21(25-14-18)29-11-10-28-3/h4-9,12,14H,10-11,13,15H2,1-3H3,(H,24,27). The molecule has 30 heavy (non-hydrogen) atoms. The normalized spacial score (nSPS) is 10.8. The predicted octanol–water partition coefficient (Wildman–Crippen LogP) is 3.32. The number of amides is 1. The lowest BCUT2D eigenvalue weighted by Crippen LogP contribution is -2.24. The molecule has 2 heterocycles. The number of hydrogen-bond acceptors (Lipinski definition) is 6. The summed E-state index contributed by atoms with van der Waals surface area (Å²) >= 11 is 1.41. The molecule has 2 aromatic heterocycles. The second-order valence-corrected chi connectivity index (χ2v) is 7.72. The number of imidazole rings is 1. The van der Waals surface area contributed by atoms with Gasteiger partial charge in [0, 0.05) is 38.3 Å². The van der Waals surface area contributed by atoms with E-state index in [9.17, 15) is 4.79 Å². The van der Waals surface area contributed by atoms with E-state index in [1.165, 1.54) is 17.3 Å². The number of ether oxygens (including phenoxy) is 2. The van der Waals surface area contributed by atoms with Crippen molar-refractivity contribution in [1.29, 1.82) is 0 Å². The van der Waals surface area contributed by atoms with Crippen LogP contribution >= 0.6 is 11.8 Å². The molecule has 0 aliphatic rings. The van der Waals surface area contributed by atoms with Crippen LogP contribution in [0.25, 0.3) is 5.69 Å². The summed E-state index contributed by atoms with van der Waals surface area (Å²) in [5.41, 5.74) is 4.33. The monoisotopic (exact) mass is 426 g/mol. The number of pyridine rings is 1. The van der Waals surface area contributed by atoms with Crippen molar-refractivity contribution in [2.45, 2.75) is 25.5 Å². The molecule has 0 fully saturated rings. The Morgan fingerprint density at radius 1 is 1.17 bits per heavy atom. The van der Waals surface area contributed by atoms with Crippen LogP contribution in [0, 0.1) is 13.8 Å². The van der Waals surface area contributed by atoms with E-state index in [4.69, 9.17) is 9.47 Å². The first-order chi connectivity index (χ1) is 14.6. The van der Waals surface area contributed by atoms with E-state index in [0.29, 0.717) is 25.6 Å². The molecular formula is C22H26N4O3S. The highest BCUT2D eigenvalue weighted by atomic mass is 32.2. The van der Waals surface area contributed by atoms with Crippen LogP contribution in [0.15, 0.2) is 54.1 Å². The highest BCUT2D eigenvalue weighted by molar-refractivity contribution is 7.99. The van der Waals surface area contributed by atoms with Crippen LogP contribution in [0.5, 0.6) is 5.88 Å². The minimum absolute atomic E-state index is 0.0593. The minimum Gasteiger partial charge on any atom is -0.475 e. The van der Waals surface area contributed by atoms with Crippen LogP contribution < -0.4 is 10.1 Å². The number of aryl methyl sites for hydroxylation is 2. The molecule has 0 unspecified atom stereocenters. The largest absolute Gasteiger partial charge is 0.475 e. The summed E-state index contributed by atoms with van der Waals surface area (Å²) in [5, 5.41) is 3.71. The number of thioether (sulfide) groups is 1. The van der Waals surface area contributed by atoms with Crippen LogP contribution in [-0.4, -0.2) is 46.5 Å². The first-order valence-corrected chi connectivity index (χ1v) is 10.6. The zero-order valence-corrected chi connectivity index (χ0v) is 18.2. The van der Waals surface area contributed by atoms with Crippen molar-refractivity contribution in [3.63, 3.8) is 0 Å². The molecule has 1 N–H and O–H groups in total. The van der Waals surface area contributed by atoms with Gasteiger partial charge in [-0.15, -0.1) is 0 Å².